The molecule has 2 heterocycles. The molecule has 25 heavy (non-hydrogen) atoms. The number of likely N-dealkylation sites (tertiary alicyclic amines) is 1. The smallest absolute Gasteiger partial charge is 0.329 e. The molecule has 0 radical (unpaired) electrons. The van der Waals surface area contributed by atoms with Gasteiger partial charge in [0.15, 0.2) is 0 Å². The molecule has 134 valence electrons. The second-order valence-electron chi connectivity index (χ2n) is 6.38. The van der Waals surface area contributed by atoms with Gasteiger partial charge in [-0.1, -0.05) is 0 Å². The molecule has 1 N–H and O–H groups in total. The van der Waals surface area contributed by atoms with Crippen LogP contribution in [-0.2, 0) is 12.7 Å². The maximum Gasteiger partial charge on any atom is 0.416 e. The standard InChI is InChI=1S/C18H18F4N2O/c19-16-8-12(7-15(10-16)18(20,21)22)11-24-5-2-13(3-6-24)14-1-4-23-17(25)9-14/h1,4,7-10,13H,2-3,5-6,11H2,(H,23,25). The van der Waals surface area contributed by atoms with Gasteiger partial charge in [0, 0.05) is 18.8 Å². The Morgan fingerprint density at radius 3 is 2.48 bits per heavy atom. The number of rotatable bonds is 3. The number of alkyl halides is 3. The highest BCUT2D eigenvalue weighted by atomic mass is 19.4. The number of hydrogen-bond donors (Lipinski definition) is 1. The second-order valence-corrected chi connectivity index (χ2v) is 6.38. The number of aromatic nitrogens is 1. The van der Waals surface area contributed by atoms with Crippen molar-refractivity contribution in [3.63, 3.8) is 0 Å². The third-order valence-electron chi connectivity index (χ3n) is 4.55. The molecule has 0 atom stereocenters. The molecule has 0 spiro atoms. The Labute approximate surface area is 142 Å². The first-order valence-electron chi connectivity index (χ1n) is 8.09. The summed E-state index contributed by atoms with van der Waals surface area (Å²) in [6, 6.07) is 6.14. The van der Waals surface area contributed by atoms with Gasteiger partial charge in [-0.25, -0.2) is 4.39 Å². The SMILES string of the molecule is O=c1cc(C2CCN(Cc3cc(F)cc(C(F)(F)F)c3)CC2)cc[nH]1. The molecule has 3 nitrogen and oxygen atoms in total. The first-order chi connectivity index (χ1) is 11.8. The molecular weight excluding hydrogens is 336 g/mol. The molecule has 0 saturated carbocycles. The summed E-state index contributed by atoms with van der Waals surface area (Å²) in [5, 5.41) is 0. The fraction of sp³-hybridized carbons (Fsp3) is 0.389. The van der Waals surface area contributed by atoms with Crippen LogP contribution in [0.3, 0.4) is 0 Å². The number of piperidine rings is 1. The number of halogens is 4. The Morgan fingerprint density at radius 1 is 1.12 bits per heavy atom. The highest BCUT2D eigenvalue weighted by Crippen LogP contribution is 2.32. The van der Waals surface area contributed by atoms with Crippen LogP contribution in [0.5, 0.6) is 0 Å². The van der Waals surface area contributed by atoms with E-state index in [0.717, 1.165) is 30.5 Å². The predicted octanol–water partition coefficient (Wildman–Crippen LogP) is 3.91. The molecule has 0 amide bonds. The second kappa shape index (κ2) is 7.00. The van der Waals surface area contributed by atoms with E-state index in [4.69, 9.17) is 0 Å². The van der Waals surface area contributed by atoms with Crippen molar-refractivity contribution in [3.05, 3.63) is 69.4 Å². The van der Waals surface area contributed by atoms with Crippen molar-refractivity contribution in [2.75, 3.05) is 13.1 Å². The summed E-state index contributed by atoms with van der Waals surface area (Å²) in [5.74, 6) is -0.611. The maximum absolute atomic E-state index is 13.5. The minimum absolute atomic E-state index is 0.139. The van der Waals surface area contributed by atoms with Gasteiger partial charge < -0.3 is 4.98 Å². The molecule has 0 aliphatic carbocycles. The van der Waals surface area contributed by atoms with Gasteiger partial charge in [-0.3, -0.25) is 9.69 Å². The Bertz CT molecular complexity index is 792. The van der Waals surface area contributed by atoms with Gasteiger partial charge in [0.2, 0.25) is 5.56 Å². The monoisotopic (exact) mass is 354 g/mol. The molecule has 3 rings (SSSR count). The van der Waals surface area contributed by atoms with E-state index in [-0.39, 0.29) is 18.0 Å². The first-order valence-corrected chi connectivity index (χ1v) is 8.09. The summed E-state index contributed by atoms with van der Waals surface area (Å²) >= 11 is 0. The Morgan fingerprint density at radius 2 is 1.84 bits per heavy atom. The van der Waals surface area contributed by atoms with Gasteiger partial charge in [-0.05, 0) is 67.2 Å². The van der Waals surface area contributed by atoms with Gasteiger partial charge in [-0.15, -0.1) is 0 Å². The summed E-state index contributed by atoms with van der Waals surface area (Å²) < 4.78 is 51.9. The average molecular weight is 354 g/mol. The molecule has 1 aliphatic rings. The molecule has 1 fully saturated rings. The third-order valence-corrected chi connectivity index (χ3v) is 4.55. The largest absolute Gasteiger partial charge is 0.416 e. The minimum Gasteiger partial charge on any atom is -0.329 e. The van der Waals surface area contributed by atoms with E-state index >= 15 is 0 Å². The van der Waals surface area contributed by atoms with E-state index in [0.29, 0.717) is 24.7 Å². The predicted molar refractivity (Wildman–Crippen MR) is 85.7 cm³/mol. The molecule has 1 aromatic carbocycles. The topological polar surface area (TPSA) is 36.1 Å². The number of aromatic amines is 1. The van der Waals surface area contributed by atoms with Crippen molar-refractivity contribution in [1.82, 2.24) is 9.88 Å². The van der Waals surface area contributed by atoms with Gasteiger partial charge in [0.05, 0.1) is 5.56 Å². The van der Waals surface area contributed by atoms with Gasteiger partial charge in [-0.2, -0.15) is 13.2 Å². The quantitative estimate of drug-likeness (QED) is 0.849. The van der Waals surface area contributed by atoms with Crippen LogP contribution >= 0.6 is 0 Å². The maximum atomic E-state index is 13.5. The molecule has 0 bridgehead atoms. The molecule has 1 aromatic heterocycles. The van der Waals surface area contributed by atoms with Crippen LogP contribution in [0.25, 0.3) is 0 Å². The van der Waals surface area contributed by atoms with Crippen molar-refractivity contribution in [1.29, 1.82) is 0 Å². The Hall–Kier alpha value is -2.15. The Kier molecular flexibility index (Phi) is 4.94. The van der Waals surface area contributed by atoms with E-state index in [9.17, 15) is 22.4 Å². The van der Waals surface area contributed by atoms with E-state index in [1.54, 1.807) is 12.3 Å². The lowest BCUT2D eigenvalue weighted by atomic mass is 9.90. The fourth-order valence-electron chi connectivity index (χ4n) is 3.30. The summed E-state index contributed by atoms with van der Waals surface area (Å²) in [6.07, 6.45) is -1.31. The van der Waals surface area contributed by atoms with Gasteiger partial charge in [0.25, 0.3) is 0 Å². The summed E-state index contributed by atoms with van der Waals surface area (Å²) in [6.45, 7) is 1.66. The lowest BCUT2D eigenvalue weighted by Crippen LogP contribution is -2.32. The number of benzene rings is 1. The molecule has 2 aromatic rings. The number of hydrogen-bond acceptors (Lipinski definition) is 2. The zero-order valence-corrected chi connectivity index (χ0v) is 13.4. The normalized spacial score (nSPS) is 17.0. The Balaban J connectivity index is 1.64. The van der Waals surface area contributed by atoms with Crippen molar-refractivity contribution < 1.29 is 17.6 Å². The summed E-state index contributed by atoms with van der Waals surface area (Å²) in [4.78, 5) is 16.0. The van der Waals surface area contributed by atoms with Crippen molar-refractivity contribution in [2.24, 2.45) is 0 Å². The average Bonchev–Trinajstić information content (AvgIpc) is 2.54. The minimum atomic E-state index is -4.55. The van der Waals surface area contributed by atoms with Crippen molar-refractivity contribution >= 4 is 0 Å². The van der Waals surface area contributed by atoms with E-state index in [1.807, 2.05) is 11.0 Å². The lowest BCUT2D eigenvalue weighted by molar-refractivity contribution is -0.137. The highest BCUT2D eigenvalue weighted by molar-refractivity contribution is 5.27. The van der Waals surface area contributed by atoms with Crippen LogP contribution in [0.4, 0.5) is 17.6 Å². The third kappa shape index (κ3) is 4.48. The van der Waals surface area contributed by atoms with Gasteiger partial charge >= 0.3 is 6.18 Å². The molecular formula is C18H18F4N2O. The first kappa shape index (κ1) is 17.7. The molecule has 0 unspecified atom stereocenters. The van der Waals surface area contributed by atoms with Crippen LogP contribution in [0, 0.1) is 5.82 Å². The lowest BCUT2D eigenvalue weighted by Gasteiger charge is -2.32. The molecule has 1 aliphatic heterocycles. The van der Waals surface area contributed by atoms with Crippen LogP contribution in [-0.4, -0.2) is 23.0 Å². The zero-order valence-electron chi connectivity index (χ0n) is 13.4. The van der Waals surface area contributed by atoms with E-state index in [2.05, 4.69) is 4.98 Å². The van der Waals surface area contributed by atoms with Crippen LogP contribution < -0.4 is 5.56 Å². The molecule has 1 saturated heterocycles. The highest BCUT2D eigenvalue weighted by Gasteiger charge is 2.31. The fourth-order valence-corrected chi connectivity index (χ4v) is 3.30. The van der Waals surface area contributed by atoms with Crippen LogP contribution in [0.15, 0.2) is 41.3 Å². The van der Waals surface area contributed by atoms with E-state index < -0.39 is 17.6 Å². The summed E-state index contributed by atoms with van der Waals surface area (Å²) in [5.41, 5.74) is 0.204. The number of pyridine rings is 1. The summed E-state index contributed by atoms with van der Waals surface area (Å²) in [7, 11) is 0. The molecule has 7 heteroatoms. The number of nitrogens with zero attached hydrogens (tertiary/aromatic N) is 1. The van der Waals surface area contributed by atoms with Crippen molar-refractivity contribution in [2.45, 2.75) is 31.5 Å². The number of nitrogens with one attached hydrogen (secondary N) is 1. The van der Waals surface area contributed by atoms with Crippen molar-refractivity contribution in [3.8, 4) is 0 Å². The zero-order chi connectivity index (χ0) is 18.0. The number of H-pyrrole nitrogens is 1. The van der Waals surface area contributed by atoms with Crippen LogP contribution in [0.1, 0.15) is 35.4 Å². The van der Waals surface area contributed by atoms with Gasteiger partial charge in [0.1, 0.15) is 5.82 Å². The van der Waals surface area contributed by atoms with Crippen LogP contribution in [0.2, 0.25) is 0 Å². The van der Waals surface area contributed by atoms with E-state index in [1.165, 1.54) is 0 Å².